The molecule has 2 atom stereocenters. The van der Waals surface area contributed by atoms with Crippen molar-refractivity contribution >= 4 is 12.6 Å². The van der Waals surface area contributed by atoms with E-state index in [-0.39, 0.29) is 18.2 Å². The Balaban J connectivity index is 1.46. The zero-order valence-corrected chi connectivity index (χ0v) is 18.2. The Labute approximate surface area is 182 Å². The van der Waals surface area contributed by atoms with Gasteiger partial charge in [0.2, 0.25) is 0 Å². The van der Waals surface area contributed by atoms with Crippen LogP contribution in [0.25, 0.3) is 0 Å². The molecular formula is C23H26N2O4S. The van der Waals surface area contributed by atoms with Crippen LogP contribution >= 0.6 is 12.6 Å². The van der Waals surface area contributed by atoms with Gasteiger partial charge in [-0.25, -0.2) is 0 Å². The summed E-state index contributed by atoms with van der Waals surface area (Å²) in [6.07, 6.45) is 5.92. The highest BCUT2D eigenvalue weighted by molar-refractivity contribution is 7.81. The van der Waals surface area contributed by atoms with Gasteiger partial charge in [-0.1, -0.05) is 11.8 Å². The molecule has 6 nitrogen and oxygen atoms in total. The Morgan fingerprint density at radius 1 is 1.40 bits per heavy atom. The van der Waals surface area contributed by atoms with Crippen molar-refractivity contribution in [1.29, 1.82) is 0 Å². The molecule has 4 rings (SSSR count). The number of hydrogen-bond acceptors (Lipinski definition) is 6. The third-order valence-corrected chi connectivity index (χ3v) is 5.63. The number of aryl methyl sites for hydroxylation is 1. The van der Waals surface area contributed by atoms with Crippen molar-refractivity contribution in [1.82, 2.24) is 9.55 Å². The van der Waals surface area contributed by atoms with E-state index in [1.807, 2.05) is 19.9 Å². The first-order valence-corrected chi connectivity index (χ1v) is 10.7. The van der Waals surface area contributed by atoms with E-state index in [0.29, 0.717) is 31.5 Å². The molecule has 1 saturated heterocycles. The topological polar surface area (TPSA) is 62.6 Å². The van der Waals surface area contributed by atoms with Crippen LogP contribution in [0.3, 0.4) is 0 Å². The minimum atomic E-state index is -0.800. The summed E-state index contributed by atoms with van der Waals surface area (Å²) in [5.74, 6) is 7.47. The van der Waals surface area contributed by atoms with Crippen LogP contribution in [0.4, 0.5) is 0 Å². The minimum Gasteiger partial charge on any atom is -0.489 e. The van der Waals surface area contributed by atoms with Gasteiger partial charge >= 0.3 is 0 Å². The third-order valence-electron chi connectivity index (χ3n) is 5.24. The molecule has 0 spiro atoms. The summed E-state index contributed by atoms with van der Waals surface area (Å²) < 4.78 is 18.4. The first-order chi connectivity index (χ1) is 14.4. The van der Waals surface area contributed by atoms with Gasteiger partial charge < -0.3 is 18.8 Å². The molecule has 0 N–H and O–H groups in total. The lowest BCUT2D eigenvalue weighted by Crippen LogP contribution is -2.43. The van der Waals surface area contributed by atoms with Gasteiger partial charge in [0.25, 0.3) is 5.56 Å². The van der Waals surface area contributed by atoms with Crippen LogP contribution in [0, 0.1) is 24.7 Å². The van der Waals surface area contributed by atoms with Crippen molar-refractivity contribution < 1.29 is 14.2 Å². The highest BCUT2D eigenvalue weighted by atomic mass is 32.1. The van der Waals surface area contributed by atoms with Gasteiger partial charge in [0, 0.05) is 29.9 Å². The van der Waals surface area contributed by atoms with E-state index < -0.39 is 4.93 Å². The zero-order chi connectivity index (χ0) is 21.1. The van der Waals surface area contributed by atoms with Crippen molar-refractivity contribution in [3.63, 3.8) is 0 Å². The van der Waals surface area contributed by atoms with Crippen LogP contribution in [0.15, 0.2) is 35.4 Å². The van der Waals surface area contributed by atoms with E-state index >= 15 is 0 Å². The molecule has 2 fully saturated rings. The molecule has 2 aromatic heterocycles. The first-order valence-electron chi connectivity index (χ1n) is 10.2. The van der Waals surface area contributed by atoms with Crippen LogP contribution < -0.4 is 10.3 Å². The average Bonchev–Trinajstić information content (AvgIpc) is 3.56. The zero-order valence-electron chi connectivity index (χ0n) is 17.3. The van der Waals surface area contributed by atoms with Gasteiger partial charge in [0.05, 0.1) is 31.6 Å². The Morgan fingerprint density at radius 3 is 2.90 bits per heavy atom. The van der Waals surface area contributed by atoms with E-state index in [1.54, 1.807) is 23.0 Å². The second-order valence-corrected chi connectivity index (χ2v) is 8.70. The largest absolute Gasteiger partial charge is 0.489 e. The fourth-order valence-electron chi connectivity index (χ4n) is 3.36. The van der Waals surface area contributed by atoms with Crippen LogP contribution in [-0.4, -0.2) is 40.9 Å². The number of nitrogens with zero attached hydrogens (tertiary/aromatic N) is 2. The molecule has 1 unspecified atom stereocenters. The normalized spacial score (nSPS) is 22.1. The second-order valence-electron chi connectivity index (χ2n) is 7.89. The molecule has 1 aliphatic heterocycles. The number of pyridine rings is 2. The summed E-state index contributed by atoms with van der Waals surface area (Å²) in [6.45, 7) is 5.53. The lowest BCUT2D eigenvalue weighted by atomic mass is 10.1. The minimum absolute atomic E-state index is 0.159. The molecule has 0 radical (unpaired) electrons. The van der Waals surface area contributed by atoms with Crippen molar-refractivity contribution in [3.8, 4) is 17.6 Å². The predicted molar refractivity (Wildman–Crippen MR) is 117 cm³/mol. The van der Waals surface area contributed by atoms with E-state index in [2.05, 4.69) is 29.5 Å². The standard InChI is InChI=1S/C23H26N2O4S/c1-16-11-19(6-5-18-3-4-18)13-24-22(16)17(2)25-8-7-20(12-21(25)26)28-15-23(30)14-27-9-10-29-23/h7-8,11-13,17-18,30H,3-4,9-10,14-15H2,1-2H3/t17?,23-/m0/s1. The van der Waals surface area contributed by atoms with Gasteiger partial charge in [-0.05, 0) is 44.4 Å². The van der Waals surface area contributed by atoms with Crippen LogP contribution in [0.1, 0.15) is 42.6 Å². The average molecular weight is 427 g/mol. The molecule has 1 aliphatic carbocycles. The summed E-state index contributed by atoms with van der Waals surface area (Å²) in [6, 6.07) is 5.07. The molecule has 1 saturated carbocycles. The fourth-order valence-corrected chi connectivity index (χ4v) is 3.61. The molecule has 7 heteroatoms. The second kappa shape index (κ2) is 8.84. The SMILES string of the molecule is Cc1cc(C#CC2CC2)cnc1C(C)n1ccc(OC[C@@]2(S)COCCO2)cc1=O. The number of rotatable bonds is 5. The summed E-state index contributed by atoms with van der Waals surface area (Å²) in [5, 5.41) is 0. The summed E-state index contributed by atoms with van der Waals surface area (Å²) in [5.41, 5.74) is 2.63. The first kappa shape index (κ1) is 21.0. The maximum atomic E-state index is 12.7. The fraction of sp³-hybridized carbons (Fsp3) is 0.478. The number of aromatic nitrogens is 2. The molecule has 0 amide bonds. The Hall–Kier alpha value is -2.27. The quantitative estimate of drug-likeness (QED) is 0.588. The molecule has 3 heterocycles. The Bertz CT molecular complexity index is 1030. The maximum absolute atomic E-state index is 12.7. The third kappa shape index (κ3) is 5.07. The number of thiol groups is 1. The molecule has 30 heavy (non-hydrogen) atoms. The van der Waals surface area contributed by atoms with Crippen molar-refractivity contribution in [2.24, 2.45) is 5.92 Å². The lowest BCUT2D eigenvalue weighted by Gasteiger charge is -2.32. The molecule has 0 aromatic carbocycles. The van der Waals surface area contributed by atoms with Crippen molar-refractivity contribution in [3.05, 3.63) is 57.8 Å². The van der Waals surface area contributed by atoms with E-state index in [9.17, 15) is 4.79 Å². The van der Waals surface area contributed by atoms with Gasteiger partial charge in [-0.15, -0.1) is 12.6 Å². The van der Waals surface area contributed by atoms with Gasteiger partial charge in [0.1, 0.15) is 12.4 Å². The van der Waals surface area contributed by atoms with Crippen LogP contribution in [0.5, 0.6) is 5.75 Å². The van der Waals surface area contributed by atoms with Crippen LogP contribution in [-0.2, 0) is 9.47 Å². The summed E-state index contributed by atoms with van der Waals surface area (Å²) in [4.78, 5) is 16.5. The molecule has 2 aliphatic rings. The van der Waals surface area contributed by atoms with E-state index in [0.717, 1.165) is 16.8 Å². The number of ether oxygens (including phenoxy) is 3. The van der Waals surface area contributed by atoms with Gasteiger partial charge in [0.15, 0.2) is 4.93 Å². The molecule has 0 bridgehead atoms. The highest BCUT2D eigenvalue weighted by Crippen LogP contribution is 2.28. The molecule has 158 valence electrons. The summed E-state index contributed by atoms with van der Waals surface area (Å²) >= 11 is 4.48. The van der Waals surface area contributed by atoms with E-state index in [1.165, 1.54) is 18.9 Å². The molecular weight excluding hydrogens is 400 g/mol. The van der Waals surface area contributed by atoms with Gasteiger partial charge in [-0.2, -0.15) is 0 Å². The predicted octanol–water partition coefficient (Wildman–Crippen LogP) is 2.97. The van der Waals surface area contributed by atoms with Gasteiger partial charge in [-0.3, -0.25) is 9.78 Å². The highest BCUT2D eigenvalue weighted by Gasteiger charge is 2.31. The monoisotopic (exact) mass is 426 g/mol. The van der Waals surface area contributed by atoms with E-state index in [4.69, 9.17) is 14.2 Å². The summed E-state index contributed by atoms with van der Waals surface area (Å²) in [7, 11) is 0. The lowest BCUT2D eigenvalue weighted by molar-refractivity contribution is -0.120. The Morgan fingerprint density at radius 2 is 2.23 bits per heavy atom. The number of hydrogen-bond donors (Lipinski definition) is 1. The maximum Gasteiger partial charge on any atom is 0.254 e. The van der Waals surface area contributed by atoms with Crippen LogP contribution in [0.2, 0.25) is 0 Å². The van der Waals surface area contributed by atoms with Crippen molar-refractivity contribution in [2.45, 2.75) is 37.7 Å². The smallest absolute Gasteiger partial charge is 0.254 e. The Kier molecular flexibility index (Phi) is 6.19. The van der Waals surface area contributed by atoms with Crippen molar-refractivity contribution in [2.75, 3.05) is 26.4 Å². The molecule has 2 aromatic rings.